The maximum Gasteiger partial charge on any atom is 0.414 e. The van der Waals surface area contributed by atoms with E-state index in [0.717, 1.165) is 42.1 Å². The first-order valence-electron chi connectivity index (χ1n) is 10.2. The molecule has 0 saturated carbocycles. The van der Waals surface area contributed by atoms with Crippen LogP contribution in [-0.4, -0.2) is 54.9 Å². The highest BCUT2D eigenvalue weighted by atomic mass is 16.4. The summed E-state index contributed by atoms with van der Waals surface area (Å²) in [6, 6.07) is 13.8. The van der Waals surface area contributed by atoms with E-state index >= 15 is 0 Å². The molecule has 1 unspecified atom stereocenters. The van der Waals surface area contributed by atoms with Crippen LogP contribution in [0.1, 0.15) is 30.3 Å². The van der Waals surface area contributed by atoms with Gasteiger partial charge < -0.3 is 25.2 Å². The van der Waals surface area contributed by atoms with Gasteiger partial charge in [0, 0.05) is 12.6 Å². The molecule has 1 aromatic carbocycles. The van der Waals surface area contributed by atoms with Gasteiger partial charge in [-0.05, 0) is 49.5 Å². The first kappa shape index (κ1) is 22.4. The molecule has 4 rings (SSSR count). The molecule has 1 fully saturated rings. The summed E-state index contributed by atoms with van der Waals surface area (Å²) in [5.74, 6) is -1.97. The van der Waals surface area contributed by atoms with Gasteiger partial charge in [-0.3, -0.25) is 0 Å². The Bertz CT molecular complexity index is 1000. The van der Waals surface area contributed by atoms with E-state index in [4.69, 9.17) is 24.8 Å². The minimum atomic E-state index is -1.82. The van der Waals surface area contributed by atoms with Crippen molar-refractivity contribution in [2.24, 2.45) is 5.92 Å². The van der Waals surface area contributed by atoms with E-state index < -0.39 is 18.0 Å². The third-order valence-corrected chi connectivity index (χ3v) is 5.26. The topological polar surface area (TPSA) is 138 Å². The Labute approximate surface area is 179 Å². The maximum absolute atomic E-state index is 10.7. The second-order valence-electron chi connectivity index (χ2n) is 7.42. The number of nitrogens with one attached hydrogen (secondary N) is 1. The highest BCUT2D eigenvalue weighted by Crippen LogP contribution is 2.24. The number of rotatable bonds is 5. The summed E-state index contributed by atoms with van der Waals surface area (Å²) < 4.78 is 2.15. The van der Waals surface area contributed by atoms with Crippen LogP contribution in [0.25, 0.3) is 11.2 Å². The molecule has 0 radical (unpaired) electrons. The number of benzene rings is 1. The van der Waals surface area contributed by atoms with E-state index in [-0.39, 0.29) is 0 Å². The van der Waals surface area contributed by atoms with Crippen LogP contribution in [0.3, 0.4) is 0 Å². The van der Waals surface area contributed by atoms with Crippen LogP contribution in [0, 0.1) is 5.92 Å². The van der Waals surface area contributed by atoms with Gasteiger partial charge in [0.2, 0.25) is 0 Å². The average Bonchev–Trinajstić information content (AvgIpc) is 3.12. The molecule has 164 valence electrons. The number of carboxylic acids is 2. The molecule has 1 atom stereocenters. The number of hydrogen-bond donors (Lipinski definition) is 4. The Kier molecular flexibility index (Phi) is 7.69. The first-order valence-corrected chi connectivity index (χ1v) is 10.2. The predicted molar refractivity (Wildman–Crippen MR) is 113 cm³/mol. The van der Waals surface area contributed by atoms with Crippen molar-refractivity contribution in [3.8, 4) is 0 Å². The fourth-order valence-corrected chi connectivity index (χ4v) is 3.66. The molecule has 1 saturated heterocycles. The van der Waals surface area contributed by atoms with E-state index in [1.54, 1.807) is 6.20 Å². The lowest BCUT2D eigenvalue weighted by molar-refractivity contribution is -0.159. The Morgan fingerprint density at radius 1 is 1.06 bits per heavy atom. The summed E-state index contributed by atoms with van der Waals surface area (Å²) in [5, 5.41) is 28.9. The molecule has 2 aromatic heterocycles. The number of hydrogen-bond acceptors (Lipinski definition) is 6. The lowest BCUT2D eigenvalue weighted by Crippen LogP contribution is -2.29. The lowest BCUT2D eigenvalue weighted by Gasteiger charge is -2.23. The molecule has 0 bridgehead atoms. The van der Waals surface area contributed by atoms with Crippen molar-refractivity contribution in [1.29, 1.82) is 0 Å². The van der Waals surface area contributed by atoms with Gasteiger partial charge in [-0.2, -0.15) is 0 Å². The molecule has 9 heteroatoms. The highest BCUT2D eigenvalue weighted by molar-refractivity contribution is 6.27. The van der Waals surface area contributed by atoms with Gasteiger partial charge in [-0.25, -0.2) is 19.6 Å². The molecular weight excluding hydrogens is 400 g/mol. The number of aliphatic carboxylic acids is 2. The third-order valence-electron chi connectivity index (χ3n) is 5.26. The molecular formula is C22H26N4O5. The van der Waals surface area contributed by atoms with Crippen LogP contribution in [0.4, 0.5) is 0 Å². The number of pyridine rings is 1. The summed E-state index contributed by atoms with van der Waals surface area (Å²) in [6.07, 6.45) is 4.53. The van der Waals surface area contributed by atoms with Crippen molar-refractivity contribution in [3.63, 3.8) is 0 Å². The fourth-order valence-electron chi connectivity index (χ4n) is 3.66. The number of nitrogens with zero attached hydrogens (tertiary/aromatic N) is 3. The Morgan fingerprint density at radius 2 is 1.74 bits per heavy atom. The van der Waals surface area contributed by atoms with Crippen molar-refractivity contribution in [2.75, 3.05) is 13.1 Å². The molecule has 0 aliphatic carbocycles. The number of aliphatic hydroxyl groups is 1. The standard InChI is InChI=1S/C20H24N4O.C2H2O4/c25-18(16-5-2-1-3-6-16)14-24-17-7-4-10-22-20(17)23-19(24)13-15-8-11-21-12-9-15;3-1(4)2(5)6/h1-7,10,15,18,21,25H,8-9,11-14H2;(H,3,4)(H,5,6). The van der Waals surface area contributed by atoms with E-state index in [9.17, 15) is 5.11 Å². The fraction of sp³-hybridized carbons (Fsp3) is 0.364. The summed E-state index contributed by atoms with van der Waals surface area (Å²) >= 11 is 0. The van der Waals surface area contributed by atoms with Gasteiger partial charge in [-0.15, -0.1) is 0 Å². The second-order valence-corrected chi connectivity index (χ2v) is 7.42. The molecule has 31 heavy (non-hydrogen) atoms. The van der Waals surface area contributed by atoms with Crippen LogP contribution in [0.5, 0.6) is 0 Å². The molecule has 3 aromatic rings. The Balaban J connectivity index is 0.000000401. The number of carbonyl (C=O) groups is 2. The van der Waals surface area contributed by atoms with E-state index in [1.165, 1.54) is 12.8 Å². The average molecular weight is 426 g/mol. The van der Waals surface area contributed by atoms with Gasteiger partial charge >= 0.3 is 11.9 Å². The molecule has 0 amide bonds. The summed E-state index contributed by atoms with van der Waals surface area (Å²) in [4.78, 5) is 27.4. The van der Waals surface area contributed by atoms with Crippen LogP contribution >= 0.6 is 0 Å². The highest BCUT2D eigenvalue weighted by Gasteiger charge is 2.20. The maximum atomic E-state index is 10.7. The minimum Gasteiger partial charge on any atom is -0.473 e. The zero-order valence-electron chi connectivity index (χ0n) is 17.0. The second kappa shape index (κ2) is 10.6. The van der Waals surface area contributed by atoms with Crippen LogP contribution in [-0.2, 0) is 22.6 Å². The normalized spacial score (nSPS) is 15.1. The number of carboxylic acid groups (broad SMARTS) is 2. The number of aliphatic hydroxyl groups excluding tert-OH is 1. The quantitative estimate of drug-likeness (QED) is 0.454. The summed E-state index contributed by atoms with van der Waals surface area (Å²) in [6.45, 7) is 2.66. The molecule has 4 N–H and O–H groups in total. The van der Waals surface area contributed by atoms with Crippen molar-refractivity contribution in [3.05, 3.63) is 60.0 Å². The lowest BCUT2D eigenvalue weighted by atomic mass is 9.94. The van der Waals surface area contributed by atoms with Crippen molar-refractivity contribution in [1.82, 2.24) is 19.9 Å². The zero-order valence-corrected chi connectivity index (χ0v) is 17.0. The van der Waals surface area contributed by atoms with E-state index in [2.05, 4.69) is 14.9 Å². The largest absolute Gasteiger partial charge is 0.473 e. The number of piperidine rings is 1. The Morgan fingerprint density at radius 3 is 2.39 bits per heavy atom. The monoisotopic (exact) mass is 426 g/mol. The number of fused-ring (bicyclic) bond motifs is 1. The SMILES string of the molecule is O=C(O)C(=O)O.OC(Cn1c(CC2CCNCC2)nc2ncccc21)c1ccccc1. The van der Waals surface area contributed by atoms with Gasteiger partial charge in [0.15, 0.2) is 5.65 Å². The van der Waals surface area contributed by atoms with Gasteiger partial charge in [0.25, 0.3) is 0 Å². The van der Waals surface area contributed by atoms with Gasteiger partial charge in [-0.1, -0.05) is 30.3 Å². The number of imidazole rings is 1. The van der Waals surface area contributed by atoms with Crippen molar-refractivity contribution < 1.29 is 24.9 Å². The Hall–Kier alpha value is -3.30. The van der Waals surface area contributed by atoms with E-state index in [1.807, 2.05) is 42.5 Å². The molecule has 1 aliphatic heterocycles. The van der Waals surface area contributed by atoms with Crippen LogP contribution in [0.15, 0.2) is 48.7 Å². The van der Waals surface area contributed by atoms with Crippen LogP contribution in [0.2, 0.25) is 0 Å². The molecule has 3 heterocycles. The van der Waals surface area contributed by atoms with Gasteiger partial charge in [0.05, 0.1) is 18.2 Å². The van der Waals surface area contributed by atoms with Crippen LogP contribution < -0.4 is 5.32 Å². The summed E-state index contributed by atoms with van der Waals surface area (Å²) in [7, 11) is 0. The zero-order chi connectivity index (χ0) is 22.2. The molecule has 9 nitrogen and oxygen atoms in total. The predicted octanol–water partition coefficient (Wildman–Crippen LogP) is 1.86. The van der Waals surface area contributed by atoms with Crippen molar-refractivity contribution >= 4 is 23.1 Å². The third kappa shape index (κ3) is 6.09. The minimum absolute atomic E-state index is 0.506. The smallest absolute Gasteiger partial charge is 0.414 e. The van der Waals surface area contributed by atoms with Crippen molar-refractivity contribution in [2.45, 2.75) is 31.9 Å². The summed E-state index contributed by atoms with van der Waals surface area (Å²) in [5.41, 5.74) is 2.70. The molecule has 1 aliphatic rings. The molecule has 0 spiro atoms. The first-order chi connectivity index (χ1) is 15.0. The van der Waals surface area contributed by atoms with Gasteiger partial charge in [0.1, 0.15) is 5.82 Å². The van der Waals surface area contributed by atoms with E-state index in [0.29, 0.717) is 12.5 Å². The number of aromatic nitrogens is 3.